The molecule has 0 saturated carbocycles. The largest absolute Gasteiger partial charge is 0.485 e. The molecule has 1 aliphatic heterocycles. The van der Waals surface area contributed by atoms with Crippen LogP contribution in [0.1, 0.15) is 29.1 Å². The van der Waals surface area contributed by atoms with Gasteiger partial charge in [0.25, 0.3) is 5.91 Å². The Bertz CT molecular complexity index is 969. The molecule has 0 N–H and O–H groups in total. The van der Waals surface area contributed by atoms with Gasteiger partial charge in [-0.15, -0.1) is 5.10 Å². The number of carbonyl (C=O) groups excluding carboxylic acids is 1. The van der Waals surface area contributed by atoms with Crippen molar-refractivity contribution in [3.8, 4) is 5.75 Å². The normalized spacial score (nSPS) is 16.3. The van der Waals surface area contributed by atoms with Crippen molar-refractivity contribution in [1.82, 2.24) is 25.1 Å². The van der Waals surface area contributed by atoms with Crippen LogP contribution in [0.15, 0.2) is 28.9 Å². The van der Waals surface area contributed by atoms with Gasteiger partial charge in [0.1, 0.15) is 12.6 Å². The van der Waals surface area contributed by atoms with Crippen LogP contribution in [0.5, 0.6) is 5.75 Å². The number of anilines is 1. The average molecular weight is 375 g/mol. The zero-order valence-electron chi connectivity index (χ0n) is 14.1. The minimum absolute atomic E-state index is 0.191. The summed E-state index contributed by atoms with van der Waals surface area (Å²) in [6.45, 7) is 4.24. The quantitative estimate of drug-likeness (QED) is 0.692. The minimum atomic E-state index is -0.279. The molecule has 2 aromatic heterocycles. The fourth-order valence-electron chi connectivity index (χ4n) is 2.78. The van der Waals surface area contributed by atoms with Crippen LogP contribution in [0.25, 0.3) is 0 Å². The zero-order chi connectivity index (χ0) is 18.3. The summed E-state index contributed by atoms with van der Waals surface area (Å²) in [5, 5.41) is 12.2. The minimum Gasteiger partial charge on any atom is -0.485 e. The van der Waals surface area contributed by atoms with Crippen LogP contribution in [-0.2, 0) is 6.54 Å². The summed E-state index contributed by atoms with van der Waals surface area (Å²) in [6, 6.07) is 5.29. The van der Waals surface area contributed by atoms with Crippen LogP contribution < -0.4 is 9.64 Å². The molecule has 26 heavy (non-hydrogen) atoms. The molecular weight excluding hydrogens is 360 g/mol. The van der Waals surface area contributed by atoms with E-state index in [0.29, 0.717) is 34.7 Å². The van der Waals surface area contributed by atoms with Crippen molar-refractivity contribution in [2.24, 2.45) is 0 Å². The predicted molar refractivity (Wildman–Crippen MR) is 91.4 cm³/mol. The topological polar surface area (TPSA) is 99.2 Å². The molecule has 1 aromatic carbocycles. The number of ether oxygens (including phenoxy) is 1. The van der Waals surface area contributed by atoms with Gasteiger partial charge in [0.15, 0.2) is 17.3 Å². The van der Waals surface area contributed by atoms with Crippen LogP contribution >= 0.6 is 11.6 Å². The van der Waals surface area contributed by atoms with Crippen LogP contribution in [0.2, 0.25) is 5.02 Å². The van der Waals surface area contributed by atoms with Crippen molar-refractivity contribution in [3.05, 3.63) is 46.8 Å². The number of fused-ring (bicyclic) bond motifs is 1. The van der Waals surface area contributed by atoms with Crippen molar-refractivity contribution >= 4 is 23.2 Å². The van der Waals surface area contributed by atoms with Gasteiger partial charge in [-0.3, -0.25) is 9.69 Å². The molecule has 1 amide bonds. The van der Waals surface area contributed by atoms with E-state index in [4.69, 9.17) is 20.9 Å². The van der Waals surface area contributed by atoms with Gasteiger partial charge in [-0.25, -0.2) is 4.68 Å². The molecule has 9 nitrogen and oxygen atoms in total. The highest BCUT2D eigenvalue weighted by Crippen LogP contribution is 2.39. The standard InChI is InChI=1S/C16H15ClN6O3/c1-9-6-23(13-5-3-4-11(17)15(13)25-9)16(24)12-7-22(21-19-12)8-14-18-10(2)26-20-14/h3-5,7,9H,6,8H2,1-2H3. The summed E-state index contributed by atoms with van der Waals surface area (Å²) in [5.41, 5.74) is 0.828. The third-order valence-corrected chi connectivity index (χ3v) is 4.17. The van der Waals surface area contributed by atoms with Crippen molar-refractivity contribution in [3.63, 3.8) is 0 Å². The Labute approximate surface area is 153 Å². The molecule has 1 aliphatic rings. The van der Waals surface area contributed by atoms with Gasteiger partial charge in [-0.1, -0.05) is 28.0 Å². The number of hydrogen-bond acceptors (Lipinski definition) is 7. The van der Waals surface area contributed by atoms with E-state index in [0.717, 1.165) is 0 Å². The second-order valence-corrected chi connectivity index (χ2v) is 6.37. The number of amides is 1. The lowest BCUT2D eigenvalue weighted by Crippen LogP contribution is -2.42. The smallest absolute Gasteiger partial charge is 0.280 e. The van der Waals surface area contributed by atoms with Crippen molar-refractivity contribution in [2.45, 2.75) is 26.5 Å². The Morgan fingerprint density at radius 1 is 1.42 bits per heavy atom. The lowest BCUT2D eigenvalue weighted by molar-refractivity contribution is 0.0956. The molecule has 10 heteroatoms. The number of para-hydroxylation sites is 1. The molecule has 0 saturated heterocycles. The van der Waals surface area contributed by atoms with Gasteiger partial charge in [0.05, 0.1) is 23.5 Å². The van der Waals surface area contributed by atoms with Crippen LogP contribution in [0.3, 0.4) is 0 Å². The molecule has 134 valence electrons. The first-order chi connectivity index (χ1) is 12.5. The van der Waals surface area contributed by atoms with Crippen molar-refractivity contribution in [2.75, 3.05) is 11.4 Å². The maximum absolute atomic E-state index is 13.0. The van der Waals surface area contributed by atoms with E-state index < -0.39 is 0 Å². The first kappa shape index (κ1) is 16.5. The molecule has 3 aromatic rings. The SMILES string of the molecule is Cc1nc(Cn2cc(C(=O)N3CC(C)Oc4c(Cl)cccc43)nn2)no1. The fourth-order valence-corrected chi connectivity index (χ4v) is 2.99. The molecule has 0 bridgehead atoms. The maximum Gasteiger partial charge on any atom is 0.280 e. The monoisotopic (exact) mass is 374 g/mol. The Morgan fingerprint density at radius 2 is 2.27 bits per heavy atom. The van der Waals surface area contributed by atoms with Gasteiger partial charge in [-0.05, 0) is 19.1 Å². The zero-order valence-corrected chi connectivity index (χ0v) is 14.8. The third kappa shape index (κ3) is 3.01. The molecule has 0 fully saturated rings. The number of nitrogens with zero attached hydrogens (tertiary/aromatic N) is 6. The van der Waals surface area contributed by atoms with E-state index >= 15 is 0 Å². The average Bonchev–Trinajstić information content (AvgIpc) is 3.24. The number of carbonyl (C=O) groups is 1. The summed E-state index contributed by atoms with van der Waals surface area (Å²) in [7, 11) is 0. The highest BCUT2D eigenvalue weighted by atomic mass is 35.5. The molecule has 1 atom stereocenters. The lowest BCUT2D eigenvalue weighted by Gasteiger charge is -2.33. The summed E-state index contributed by atoms with van der Waals surface area (Å²) in [6.07, 6.45) is 1.36. The van der Waals surface area contributed by atoms with Gasteiger partial charge in [-0.2, -0.15) is 4.98 Å². The van der Waals surface area contributed by atoms with Crippen LogP contribution in [0.4, 0.5) is 5.69 Å². The van der Waals surface area contributed by atoms with Crippen LogP contribution in [-0.4, -0.2) is 43.7 Å². The lowest BCUT2D eigenvalue weighted by atomic mass is 10.2. The number of benzene rings is 1. The summed E-state index contributed by atoms with van der Waals surface area (Å²) in [5.74, 6) is 1.14. The van der Waals surface area contributed by atoms with E-state index in [1.165, 1.54) is 4.68 Å². The van der Waals surface area contributed by atoms with Gasteiger partial charge < -0.3 is 9.26 Å². The van der Waals surface area contributed by atoms with E-state index in [1.807, 2.05) is 6.92 Å². The van der Waals surface area contributed by atoms with E-state index in [2.05, 4.69) is 20.5 Å². The second-order valence-electron chi connectivity index (χ2n) is 5.96. The van der Waals surface area contributed by atoms with Gasteiger partial charge >= 0.3 is 0 Å². The number of rotatable bonds is 3. The Kier molecular flexibility index (Phi) is 4.08. The Balaban J connectivity index is 1.60. The maximum atomic E-state index is 13.0. The van der Waals surface area contributed by atoms with Gasteiger partial charge in [0.2, 0.25) is 5.89 Å². The number of aromatic nitrogens is 5. The molecule has 0 radical (unpaired) electrons. The first-order valence-corrected chi connectivity index (χ1v) is 8.35. The number of hydrogen-bond donors (Lipinski definition) is 0. The fraction of sp³-hybridized carbons (Fsp3) is 0.312. The number of halogens is 1. The number of aryl methyl sites for hydroxylation is 1. The highest BCUT2D eigenvalue weighted by Gasteiger charge is 2.31. The van der Waals surface area contributed by atoms with Crippen molar-refractivity contribution in [1.29, 1.82) is 0 Å². The summed E-state index contributed by atoms with van der Waals surface area (Å²) >= 11 is 6.20. The highest BCUT2D eigenvalue weighted by molar-refractivity contribution is 6.32. The van der Waals surface area contributed by atoms with Gasteiger partial charge in [0, 0.05) is 6.92 Å². The Morgan fingerprint density at radius 3 is 3.04 bits per heavy atom. The summed E-state index contributed by atoms with van der Waals surface area (Å²) in [4.78, 5) is 18.7. The predicted octanol–water partition coefficient (Wildman–Crippen LogP) is 2.10. The second kappa shape index (κ2) is 6.41. The molecular formula is C16H15ClN6O3. The van der Waals surface area contributed by atoms with E-state index in [-0.39, 0.29) is 24.2 Å². The van der Waals surface area contributed by atoms with E-state index in [1.54, 1.807) is 36.2 Å². The van der Waals surface area contributed by atoms with E-state index in [9.17, 15) is 4.79 Å². The molecule has 4 rings (SSSR count). The van der Waals surface area contributed by atoms with Crippen LogP contribution in [0, 0.1) is 6.92 Å². The van der Waals surface area contributed by atoms with Crippen molar-refractivity contribution < 1.29 is 14.1 Å². The summed E-state index contributed by atoms with van der Waals surface area (Å²) < 4.78 is 12.2. The third-order valence-electron chi connectivity index (χ3n) is 3.87. The molecule has 1 unspecified atom stereocenters. The molecule has 0 spiro atoms. The first-order valence-electron chi connectivity index (χ1n) is 7.97. The molecule has 3 heterocycles. The molecule has 0 aliphatic carbocycles. The Hall–Kier alpha value is -2.94.